The maximum Gasteiger partial charge on any atom is 0.488 e. The van der Waals surface area contributed by atoms with E-state index in [1.54, 1.807) is 24.4 Å². The van der Waals surface area contributed by atoms with Crippen LogP contribution in [0, 0.1) is 12.7 Å². The van der Waals surface area contributed by atoms with Crippen molar-refractivity contribution < 1.29 is 19.2 Å². The van der Waals surface area contributed by atoms with Crippen LogP contribution in [0.25, 0.3) is 22.0 Å². The number of halogens is 1. The largest absolute Gasteiger partial charge is 0.488 e. The number of hydrogen-bond donors (Lipinski definition) is 2. The molecule has 0 saturated carbocycles. The van der Waals surface area contributed by atoms with Crippen molar-refractivity contribution in [2.24, 2.45) is 0 Å². The van der Waals surface area contributed by atoms with Crippen LogP contribution in [0.1, 0.15) is 18.4 Å². The van der Waals surface area contributed by atoms with Crippen LogP contribution < -0.4 is 10.4 Å². The highest BCUT2D eigenvalue weighted by atomic mass is 19.1. The van der Waals surface area contributed by atoms with Crippen LogP contribution in [0.2, 0.25) is 0 Å². The quantitative estimate of drug-likeness (QED) is 0.684. The van der Waals surface area contributed by atoms with Crippen LogP contribution in [0.4, 0.5) is 10.1 Å². The Labute approximate surface area is 162 Å². The van der Waals surface area contributed by atoms with Crippen molar-refractivity contribution in [3.63, 3.8) is 0 Å². The van der Waals surface area contributed by atoms with Crippen LogP contribution in [0.3, 0.4) is 0 Å². The van der Waals surface area contributed by atoms with E-state index >= 15 is 0 Å². The third-order valence-corrected chi connectivity index (χ3v) is 5.15. The standard InChI is InChI=1S/C21H20BFN2O3/c1-13-8-14(10-16(23)9-13)19-12-24-20-3-2-15(22(27)28)11-18(20)21(19)25-6-4-17(26)5-7-25/h2-3,8-12,27-28H,4-7H2,1H3. The summed E-state index contributed by atoms with van der Waals surface area (Å²) in [4.78, 5) is 18.4. The molecule has 142 valence electrons. The van der Waals surface area contributed by atoms with Crippen molar-refractivity contribution in [1.29, 1.82) is 0 Å². The maximum atomic E-state index is 14.1. The molecule has 0 amide bonds. The van der Waals surface area contributed by atoms with Gasteiger partial charge in [-0.3, -0.25) is 9.78 Å². The van der Waals surface area contributed by atoms with Crippen LogP contribution in [0.5, 0.6) is 0 Å². The van der Waals surface area contributed by atoms with Crippen LogP contribution in [0.15, 0.2) is 42.6 Å². The molecule has 1 aliphatic rings. The third-order valence-electron chi connectivity index (χ3n) is 5.15. The van der Waals surface area contributed by atoms with Crippen molar-refractivity contribution in [2.75, 3.05) is 18.0 Å². The van der Waals surface area contributed by atoms with Crippen LogP contribution in [-0.4, -0.2) is 41.0 Å². The Morgan fingerprint density at radius 3 is 2.54 bits per heavy atom. The number of piperidine rings is 1. The van der Waals surface area contributed by atoms with Gasteiger partial charge in [-0.05, 0) is 41.7 Å². The summed E-state index contributed by atoms with van der Waals surface area (Å²) in [5.41, 5.74) is 4.16. The molecule has 4 rings (SSSR count). The number of aromatic nitrogens is 1. The Kier molecular flexibility index (Phi) is 4.87. The summed E-state index contributed by atoms with van der Waals surface area (Å²) in [5, 5.41) is 20.0. The molecule has 0 atom stereocenters. The SMILES string of the molecule is Cc1cc(F)cc(-c2cnc3ccc(B(O)O)cc3c2N2CCC(=O)CC2)c1. The predicted molar refractivity (Wildman–Crippen MR) is 108 cm³/mol. The van der Waals surface area contributed by atoms with E-state index in [-0.39, 0.29) is 11.6 Å². The van der Waals surface area contributed by atoms with Gasteiger partial charge in [-0.2, -0.15) is 0 Å². The number of ketones is 1. The van der Waals surface area contributed by atoms with Crippen molar-refractivity contribution in [3.05, 3.63) is 54.0 Å². The van der Waals surface area contributed by atoms with E-state index in [1.165, 1.54) is 12.1 Å². The highest BCUT2D eigenvalue weighted by Gasteiger charge is 2.23. The van der Waals surface area contributed by atoms with Gasteiger partial charge in [0.05, 0.1) is 11.2 Å². The zero-order valence-corrected chi connectivity index (χ0v) is 15.5. The zero-order chi connectivity index (χ0) is 19.8. The van der Waals surface area contributed by atoms with Gasteiger partial charge in [-0.1, -0.05) is 18.2 Å². The first kappa shape index (κ1) is 18.6. The lowest BCUT2D eigenvalue weighted by Gasteiger charge is -2.31. The van der Waals surface area contributed by atoms with Gasteiger partial charge in [0.1, 0.15) is 11.6 Å². The van der Waals surface area contributed by atoms with Gasteiger partial charge < -0.3 is 14.9 Å². The molecule has 2 heterocycles. The van der Waals surface area contributed by atoms with Gasteiger partial charge in [0.2, 0.25) is 0 Å². The second-order valence-corrected chi connectivity index (χ2v) is 7.21. The fourth-order valence-corrected chi connectivity index (χ4v) is 3.78. The van der Waals surface area contributed by atoms with Gasteiger partial charge in [0.15, 0.2) is 0 Å². The number of fused-ring (bicyclic) bond motifs is 1. The fraction of sp³-hybridized carbons (Fsp3) is 0.238. The number of Topliss-reactive ketones (excluding diaryl/α,β-unsaturated/α-hetero) is 1. The summed E-state index contributed by atoms with van der Waals surface area (Å²) in [7, 11) is -1.60. The van der Waals surface area contributed by atoms with E-state index < -0.39 is 7.12 Å². The fourth-order valence-electron chi connectivity index (χ4n) is 3.78. The lowest BCUT2D eigenvalue weighted by atomic mass is 9.79. The molecule has 2 N–H and O–H groups in total. The number of rotatable bonds is 3. The highest BCUT2D eigenvalue weighted by molar-refractivity contribution is 6.59. The van der Waals surface area contributed by atoms with Crippen molar-refractivity contribution in [2.45, 2.75) is 19.8 Å². The number of anilines is 1. The Morgan fingerprint density at radius 1 is 1.11 bits per heavy atom. The summed E-state index contributed by atoms with van der Waals surface area (Å²) in [6.07, 6.45) is 2.62. The van der Waals surface area contributed by atoms with Gasteiger partial charge in [0, 0.05) is 43.1 Å². The Balaban J connectivity index is 1.97. The summed E-state index contributed by atoms with van der Waals surface area (Å²) >= 11 is 0. The lowest BCUT2D eigenvalue weighted by molar-refractivity contribution is -0.119. The topological polar surface area (TPSA) is 73.7 Å². The number of carbonyl (C=O) groups is 1. The minimum atomic E-state index is -1.60. The number of nitrogens with zero attached hydrogens (tertiary/aromatic N) is 2. The van der Waals surface area contributed by atoms with E-state index in [9.17, 15) is 19.2 Å². The molecule has 0 aliphatic carbocycles. The summed E-state index contributed by atoms with van der Waals surface area (Å²) < 4.78 is 14.1. The number of hydrogen-bond acceptors (Lipinski definition) is 5. The molecule has 2 aromatic carbocycles. The smallest absolute Gasteiger partial charge is 0.423 e. The average molecular weight is 378 g/mol. The van der Waals surface area contributed by atoms with Crippen molar-refractivity contribution in [1.82, 2.24) is 4.98 Å². The first-order valence-corrected chi connectivity index (χ1v) is 9.25. The molecule has 28 heavy (non-hydrogen) atoms. The molecule has 5 nitrogen and oxygen atoms in total. The second-order valence-electron chi connectivity index (χ2n) is 7.21. The molecule has 1 aromatic heterocycles. The molecule has 1 saturated heterocycles. The highest BCUT2D eigenvalue weighted by Crippen LogP contribution is 2.37. The molecule has 0 unspecified atom stereocenters. The van der Waals surface area contributed by atoms with Crippen LogP contribution in [-0.2, 0) is 4.79 Å². The molecule has 1 aliphatic heterocycles. The molecule has 1 fully saturated rings. The predicted octanol–water partition coefficient (Wildman–Crippen LogP) is 2.20. The molecular weight excluding hydrogens is 358 g/mol. The lowest BCUT2D eigenvalue weighted by Crippen LogP contribution is -2.34. The summed E-state index contributed by atoms with van der Waals surface area (Å²) in [5.74, 6) is -0.0985. The first-order chi connectivity index (χ1) is 13.4. The van der Waals surface area contributed by atoms with Gasteiger partial charge >= 0.3 is 7.12 Å². The van der Waals surface area contributed by atoms with E-state index in [4.69, 9.17) is 0 Å². The normalized spacial score (nSPS) is 14.6. The molecule has 0 bridgehead atoms. The Morgan fingerprint density at radius 2 is 1.86 bits per heavy atom. The number of pyridine rings is 1. The number of benzene rings is 2. The molecule has 0 spiro atoms. The third kappa shape index (κ3) is 3.51. The summed E-state index contributed by atoms with van der Waals surface area (Å²) in [6.45, 7) is 2.96. The van der Waals surface area contributed by atoms with E-state index in [0.29, 0.717) is 42.5 Å². The average Bonchev–Trinajstić information content (AvgIpc) is 2.66. The zero-order valence-electron chi connectivity index (χ0n) is 15.5. The second kappa shape index (κ2) is 7.33. The molecule has 0 radical (unpaired) electrons. The minimum absolute atomic E-state index is 0.226. The molecule has 3 aromatic rings. The molecular formula is C21H20BFN2O3. The monoisotopic (exact) mass is 378 g/mol. The van der Waals surface area contributed by atoms with Gasteiger partial charge in [0.25, 0.3) is 0 Å². The van der Waals surface area contributed by atoms with Gasteiger partial charge in [-0.15, -0.1) is 0 Å². The Bertz CT molecular complexity index is 1040. The summed E-state index contributed by atoms with van der Waals surface area (Å²) in [6, 6.07) is 9.90. The first-order valence-electron chi connectivity index (χ1n) is 9.25. The van der Waals surface area contributed by atoms with Crippen molar-refractivity contribution >= 4 is 35.0 Å². The Hall–Kier alpha value is -2.77. The maximum absolute atomic E-state index is 14.1. The van der Waals surface area contributed by atoms with Gasteiger partial charge in [-0.25, -0.2) is 4.39 Å². The van der Waals surface area contributed by atoms with E-state index in [1.807, 2.05) is 13.0 Å². The van der Waals surface area contributed by atoms with E-state index in [0.717, 1.165) is 22.2 Å². The van der Waals surface area contributed by atoms with E-state index in [2.05, 4.69) is 9.88 Å². The molecule has 7 heteroatoms. The van der Waals surface area contributed by atoms with Crippen molar-refractivity contribution in [3.8, 4) is 11.1 Å². The number of aryl methyl sites for hydroxylation is 1. The number of carbonyl (C=O) groups excluding carboxylic acids is 1. The minimum Gasteiger partial charge on any atom is -0.423 e. The van der Waals surface area contributed by atoms with Crippen LogP contribution >= 0.6 is 0 Å².